The first-order valence-electron chi connectivity index (χ1n) is 5.01. The van der Waals surface area contributed by atoms with E-state index in [-0.39, 0.29) is 10.1 Å². The van der Waals surface area contributed by atoms with Crippen molar-refractivity contribution in [3.05, 3.63) is 30.1 Å². The standard InChI is InChI=1S/C11H15FO2S/c1-3-10(4-2)15(13,14)11-7-5-9(12)6-8-11/h5-8,10H,3-4H2,1-2H3. The molecule has 0 aliphatic heterocycles. The minimum atomic E-state index is -3.28. The second-order valence-electron chi connectivity index (χ2n) is 3.44. The Bertz CT molecular complexity index is 405. The molecule has 0 atom stereocenters. The lowest BCUT2D eigenvalue weighted by molar-refractivity contribution is 0.571. The molecule has 1 aromatic rings. The van der Waals surface area contributed by atoms with Crippen LogP contribution in [0.3, 0.4) is 0 Å². The fraction of sp³-hybridized carbons (Fsp3) is 0.455. The second-order valence-corrected chi connectivity index (χ2v) is 5.67. The summed E-state index contributed by atoms with van der Waals surface area (Å²) in [5.74, 6) is -0.418. The third kappa shape index (κ3) is 2.56. The molecule has 0 N–H and O–H groups in total. The Labute approximate surface area is 90.0 Å². The largest absolute Gasteiger partial charge is 0.223 e. The van der Waals surface area contributed by atoms with Crippen molar-refractivity contribution in [2.45, 2.75) is 36.8 Å². The molecule has 84 valence electrons. The molecule has 0 spiro atoms. The summed E-state index contributed by atoms with van der Waals surface area (Å²) in [4.78, 5) is 0.206. The lowest BCUT2D eigenvalue weighted by Gasteiger charge is -2.13. The first kappa shape index (κ1) is 12.2. The zero-order valence-electron chi connectivity index (χ0n) is 8.90. The van der Waals surface area contributed by atoms with E-state index in [1.54, 1.807) is 0 Å². The van der Waals surface area contributed by atoms with Crippen molar-refractivity contribution in [2.24, 2.45) is 0 Å². The van der Waals surface area contributed by atoms with Crippen molar-refractivity contribution >= 4 is 9.84 Å². The van der Waals surface area contributed by atoms with Crippen LogP contribution in [0, 0.1) is 5.82 Å². The number of halogens is 1. The fourth-order valence-electron chi connectivity index (χ4n) is 1.54. The Balaban J connectivity index is 3.11. The lowest BCUT2D eigenvalue weighted by Crippen LogP contribution is -2.19. The van der Waals surface area contributed by atoms with E-state index < -0.39 is 15.7 Å². The smallest absolute Gasteiger partial charge is 0.181 e. The third-order valence-electron chi connectivity index (χ3n) is 2.49. The molecule has 0 unspecified atom stereocenters. The molecule has 0 radical (unpaired) electrons. The molecule has 1 rings (SSSR count). The molecule has 0 fully saturated rings. The minimum Gasteiger partial charge on any atom is -0.223 e. The zero-order chi connectivity index (χ0) is 11.5. The minimum absolute atomic E-state index is 0.206. The van der Waals surface area contributed by atoms with Gasteiger partial charge in [-0.1, -0.05) is 13.8 Å². The summed E-state index contributed by atoms with van der Waals surface area (Å²) in [7, 11) is -3.28. The SMILES string of the molecule is CCC(CC)S(=O)(=O)c1ccc(F)cc1. The van der Waals surface area contributed by atoms with Crippen LogP contribution in [0.15, 0.2) is 29.2 Å². The van der Waals surface area contributed by atoms with Crippen molar-refractivity contribution < 1.29 is 12.8 Å². The van der Waals surface area contributed by atoms with Crippen LogP contribution in [0.4, 0.5) is 4.39 Å². The Hall–Kier alpha value is -0.900. The maximum atomic E-state index is 12.6. The summed E-state index contributed by atoms with van der Waals surface area (Å²) in [6.45, 7) is 3.68. The maximum Gasteiger partial charge on any atom is 0.181 e. The van der Waals surface area contributed by atoms with Crippen LogP contribution in [0.1, 0.15) is 26.7 Å². The Kier molecular flexibility index (Phi) is 3.85. The van der Waals surface area contributed by atoms with Crippen LogP contribution in [0.5, 0.6) is 0 Å². The van der Waals surface area contributed by atoms with Crippen LogP contribution in [0.25, 0.3) is 0 Å². The highest BCUT2D eigenvalue weighted by Crippen LogP contribution is 2.20. The van der Waals surface area contributed by atoms with Gasteiger partial charge in [-0.05, 0) is 37.1 Å². The highest BCUT2D eigenvalue weighted by molar-refractivity contribution is 7.92. The van der Waals surface area contributed by atoms with Crippen LogP contribution < -0.4 is 0 Å². The first-order valence-corrected chi connectivity index (χ1v) is 6.56. The molecule has 0 aliphatic rings. The van der Waals surface area contributed by atoms with Gasteiger partial charge in [0.25, 0.3) is 0 Å². The van der Waals surface area contributed by atoms with Crippen molar-refractivity contribution in [3.63, 3.8) is 0 Å². The molecule has 0 amide bonds. The number of hydrogen-bond acceptors (Lipinski definition) is 2. The van der Waals surface area contributed by atoms with Gasteiger partial charge in [0.2, 0.25) is 0 Å². The molecule has 0 saturated heterocycles. The van der Waals surface area contributed by atoms with Crippen LogP contribution in [-0.4, -0.2) is 13.7 Å². The van der Waals surface area contributed by atoms with E-state index in [9.17, 15) is 12.8 Å². The molecule has 0 heterocycles. The molecular formula is C11H15FO2S. The van der Waals surface area contributed by atoms with Gasteiger partial charge < -0.3 is 0 Å². The van der Waals surface area contributed by atoms with Gasteiger partial charge in [0.1, 0.15) is 5.82 Å². The Morgan fingerprint density at radius 1 is 1.13 bits per heavy atom. The molecule has 0 aromatic heterocycles. The Morgan fingerprint density at radius 2 is 1.60 bits per heavy atom. The molecular weight excluding hydrogens is 215 g/mol. The molecule has 1 aromatic carbocycles. The Morgan fingerprint density at radius 3 is 2.00 bits per heavy atom. The zero-order valence-corrected chi connectivity index (χ0v) is 9.72. The van der Waals surface area contributed by atoms with Crippen molar-refractivity contribution in [3.8, 4) is 0 Å². The summed E-state index contributed by atoms with van der Waals surface area (Å²) in [6.07, 6.45) is 1.16. The molecule has 15 heavy (non-hydrogen) atoms. The summed E-state index contributed by atoms with van der Waals surface area (Å²) < 4.78 is 36.6. The number of benzene rings is 1. The van der Waals surface area contributed by atoms with Gasteiger partial charge in [-0.25, -0.2) is 12.8 Å². The van der Waals surface area contributed by atoms with E-state index in [0.29, 0.717) is 12.8 Å². The quantitative estimate of drug-likeness (QED) is 0.745. The average molecular weight is 230 g/mol. The van der Waals surface area contributed by atoms with Gasteiger partial charge in [0.05, 0.1) is 10.1 Å². The average Bonchev–Trinajstić information content (AvgIpc) is 2.19. The summed E-state index contributed by atoms with van der Waals surface area (Å²) in [6, 6.07) is 5.00. The molecule has 4 heteroatoms. The van der Waals surface area contributed by atoms with E-state index in [1.807, 2.05) is 13.8 Å². The normalized spacial score (nSPS) is 12.0. The fourth-order valence-corrected chi connectivity index (χ4v) is 3.32. The van der Waals surface area contributed by atoms with Gasteiger partial charge in [0.15, 0.2) is 9.84 Å². The van der Waals surface area contributed by atoms with Gasteiger partial charge in [-0.3, -0.25) is 0 Å². The topological polar surface area (TPSA) is 34.1 Å². The lowest BCUT2D eigenvalue weighted by atomic mass is 10.3. The van der Waals surface area contributed by atoms with Crippen LogP contribution in [-0.2, 0) is 9.84 Å². The second kappa shape index (κ2) is 4.75. The van der Waals surface area contributed by atoms with Crippen molar-refractivity contribution in [1.29, 1.82) is 0 Å². The van der Waals surface area contributed by atoms with Crippen LogP contribution in [0.2, 0.25) is 0 Å². The van der Waals surface area contributed by atoms with Crippen molar-refractivity contribution in [1.82, 2.24) is 0 Å². The van der Waals surface area contributed by atoms with E-state index in [2.05, 4.69) is 0 Å². The van der Waals surface area contributed by atoms with Gasteiger partial charge >= 0.3 is 0 Å². The summed E-state index contributed by atoms with van der Waals surface area (Å²) in [5.41, 5.74) is 0. The highest BCUT2D eigenvalue weighted by atomic mass is 32.2. The predicted octanol–water partition coefficient (Wildman–Crippen LogP) is 2.79. The monoisotopic (exact) mass is 230 g/mol. The first-order chi connectivity index (χ1) is 7.02. The molecule has 0 saturated carbocycles. The summed E-state index contributed by atoms with van der Waals surface area (Å²) >= 11 is 0. The maximum absolute atomic E-state index is 12.6. The third-order valence-corrected chi connectivity index (χ3v) is 4.97. The van der Waals surface area contributed by atoms with E-state index in [1.165, 1.54) is 24.3 Å². The van der Waals surface area contributed by atoms with Crippen LogP contribution >= 0.6 is 0 Å². The van der Waals surface area contributed by atoms with Gasteiger partial charge in [-0.2, -0.15) is 0 Å². The van der Waals surface area contributed by atoms with Crippen molar-refractivity contribution in [2.75, 3.05) is 0 Å². The highest BCUT2D eigenvalue weighted by Gasteiger charge is 2.23. The van der Waals surface area contributed by atoms with E-state index in [0.717, 1.165) is 0 Å². The predicted molar refractivity (Wildman–Crippen MR) is 58.0 cm³/mol. The summed E-state index contributed by atoms with van der Waals surface area (Å²) in [5, 5.41) is -0.372. The molecule has 0 bridgehead atoms. The van der Waals surface area contributed by atoms with E-state index >= 15 is 0 Å². The number of rotatable bonds is 4. The number of hydrogen-bond donors (Lipinski definition) is 0. The van der Waals surface area contributed by atoms with E-state index in [4.69, 9.17) is 0 Å². The molecule has 2 nitrogen and oxygen atoms in total. The number of sulfone groups is 1. The van der Waals surface area contributed by atoms with Gasteiger partial charge in [0, 0.05) is 0 Å². The van der Waals surface area contributed by atoms with Gasteiger partial charge in [-0.15, -0.1) is 0 Å². The molecule has 0 aliphatic carbocycles.